The predicted octanol–water partition coefficient (Wildman–Crippen LogP) is 4.95. The molecule has 0 radical (unpaired) electrons. The Labute approximate surface area is 163 Å². The van der Waals surface area contributed by atoms with Gasteiger partial charge in [-0.25, -0.2) is 4.79 Å². The van der Waals surface area contributed by atoms with Crippen LogP contribution >= 0.6 is 39.1 Å². The highest BCUT2D eigenvalue weighted by Crippen LogP contribution is 2.28. The molecule has 8 heteroatoms. The first-order chi connectivity index (χ1) is 11.8. The smallest absolute Gasteiger partial charge is 0.340 e. The first-order valence-corrected chi connectivity index (χ1v) is 8.67. The summed E-state index contributed by atoms with van der Waals surface area (Å²) in [6, 6.07) is 9.57. The van der Waals surface area contributed by atoms with Crippen molar-refractivity contribution in [2.75, 3.05) is 12.4 Å². The minimum absolute atomic E-state index is 0.163. The normalized spacial score (nSPS) is 11.6. The van der Waals surface area contributed by atoms with Crippen molar-refractivity contribution >= 4 is 56.7 Å². The zero-order chi connectivity index (χ0) is 18.6. The lowest BCUT2D eigenvalue weighted by atomic mass is 10.2. The Bertz CT molecular complexity index is 813. The molecule has 0 saturated carbocycles. The monoisotopic (exact) mass is 445 g/mol. The van der Waals surface area contributed by atoms with E-state index in [0.29, 0.717) is 20.9 Å². The molecule has 0 aliphatic carbocycles. The highest BCUT2D eigenvalue weighted by Gasteiger charge is 2.22. The van der Waals surface area contributed by atoms with Crippen molar-refractivity contribution in [3.05, 3.63) is 56.5 Å². The Morgan fingerprint density at radius 3 is 2.56 bits per heavy atom. The third kappa shape index (κ3) is 5.11. The van der Waals surface area contributed by atoms with Crippen LogP contribution in [0, 0.1) is 0 Å². The van der Waals surface area contributed by atoms with Gasteiger partial charge in [0.2, 0.25) is 0 Å². The zero-order valence-corrected chi connectivity index (χ0v) is 16.4. The lowest BCUT2D eigenvalue weighted by Gasteiger charge is -2.16. The molecule has 1 atom stereocenters. The number of esters is 1. The van der Waals surface area contributed by atoms with Crippen LogP contribution in [0.4, 0.5) is 5.69 Å². The van der Waals surface area contributed by atoms with Crippen molar-refractivity contribution in [2.24, 2.45) is 0 Å². The van der Waals surface area contributed by atoms with Crippen LogP contribution in [0.1, 0.15) is 17.3 Å². The number of rotatable bonds is 5. The Hall–Kier alpha value is -1.76. The van der Waals surface area contributed by atoms with Gasteiger partial charge < -0.3 is 14.8 Å². The molecule has 1 N–H and O–H groups in total. The van der Waals surface area contributed by atoms with Gasteiger partial charge in [-0.3, -0.25) is 4.79 Å². The molecule has 5 nitrogen and oxygen atoms in total. The van der Waals surface area contributed by atoms with Crippen LogP contribution in [0.25, 0.3) is 0 Å². The molecular formula is C17H14BrCl2NO4. The van der Waals surface area contributed by atoms with E-state index in [1.54, 1.807) is 24.3 Å². The lowest BCUT2D eigenvalue weighted by molar-refractivity contribution is -0.123. The highest BCUT2D eigenvalue weighted by atomic mass is 79.9. The molecule has 0 aromatic heterocycles. The van der Waals surface area contributed by atoms with E-state index in [1.165, 1.54) is 26.2 Å². The molecule has 1 unspecified atom stereocenters. The second-order valence-corrected chi connectivity index (χ2v) is 6.76. The fourth-order valence-electron chi connectivity index (χ4n) is 1.94. The van der Waals surface area contributed by atoms with Gasteiger partial charge in [0.05, 0.1) is 23.4 Å². The number of carbonyl (C=O) groups excluding carboxylic acids is 2. The van der Waals surface area contributed by atoms with Gasteiger partial charge in [-0.1, -0.05) is 39.1 Å². The standard InChI is InChI=1S/C17H14BrCl2NO4/c1-9(25-17(23)12-7-10(18)3-5-13(12)20)16(22)21-14-8-11(19)4-6-15(14)24-2/h3-9H,1-2H3,(H,21,22). The van der Waals surface area contributed by atoms with Crippen LogP contribution in [0.2, 0.25) is 10.0 Å². The number of amides is 1. The maximum absolute atomic E-state index is 12.3. The molecule has 0 heterocycles. The third-order valence-corrected chi connectivity index (χ3v) is 4.28. The van der Waals surface area contributed by atoms with Crippen molar-refractivity contribution in [3.63, 3.8) is 0 Å². The molecule has 0 saturated heterocycles. The molecule has 0 bridgehead atoms. The largest absolute Gasteiger partial charge is 0.495 e. The van der Waals surface area contributed by atoms with Gasteiger partial charge in [-0.15, -0.1) is 0 Å². The summed E-state index contributed by atoms with van der Waals surface area (Å²) in [6.45, 7) is 1.45. The van der Waals surface area contributed by atoms with E-state index in [2.05, 4.69) is 21.2 Å². The summed E-state index contributed by atoms with van der Waals surface area (Å²) in [4.78, 5) is 24.5. The number of hydrogen-bond donors (Lipinski definition) is 1. The van der Waals surface area contributed by atoms with E-state index < -0.39 is 18.0 Å². The molecular weight excluding hydrogens is 433 g/mol. The van der Waals surface area contributed by atoms with E-state index in [0.717, 1.165) is 0 Å². The predicted molar refractivity (Wildman–Crippen MR) is 101 cm³/mol. The first-order valence-electron chi connectivity index (χ1n) is 7.12. The summed E-state index contributed by atoms with van der Waals surface area (Å²) in [5.41, 5.74) is 0.541. The van der Waals surface area contributed by atoms with E-state index in [9.17, 15) is 9.59 Å². The van der Waals surface area contributed by atoms with E-state index in [4.69, 9.17) is 32.7 Å². The van der Waals surface area contributed by atoms with Crippen LogP contribution in [0.3, 0.4) is 0 Å². The van der Waals surface area contributed by atoms with E-state index >= 15 is 0 Å². The number of halogens is 3. The number of benzene rings is 2. The molecule has 1 amide bonds. The average Bonchev–Trinajstić information content (AvgIpc) is 2.57. The number of anilines is 1. The van der Waals surface area contributed by atoms with Gasteiger partial charge >= 0.3 is 5.97 Å². The van der Waals surface area contributed by atoms with Crippen LogP contribution in [0.15, 0.2) is 40.9 Å². The number of carbonyl (C=O) groups is 2. The quantitative estimate of drug-likeness (QED) is 0.660. The molecule has 0 aliphatic heterocycles. The van der Waals surface area contributed by atoms with Gasteiger partial charge in [0.15, 0.2) is 6.10 Å². The molecule has 0 spiro atoms. The van der Waals surface area contributed by atoms with Gasteiger partial charge in [0.25, 0.3) is 5.91 Å². The van der Waals surface area contributed by atoms with Crippen LogP contribution in [-0.2, 0) is 9.53 Å². The van der Waals surface area contributed by atoms with Gasteiger partial charge in [0, 0.05) is 9.50 Å². The van der Waals surface area contributed by atoms with Crippen molar-refractivity contribution in [3.8, 4) is 5.75 Å². The Kier molecular flexibility index (Phi) is 6.70. The van der Waals surface area contributed by atoms with Crippen molar-refractivity contribution in [2.45, 2.75) is 13.0 Å². The molecule has 25 heavy (non-hydrogen) atoms. The zero-order valence-electron chi connectivity index (χ0n) is 13.3. The summed E-state index contributed by atoms with van der Waals surface area (Å²) in [5, 5.41) is 3.28. The maximum atomic E-state index is 12.3. The van der Waals surface area contributed by atoms with Crippen molar-refractivity contribution in [1.82, 2.24) is 0 Å². The summed E-state index contributed by atoms with van der Waals surface area (Å²) in [5.74, 6) is -0.793. The maximum Gasteiger partial charge on any atom is 0.340 e. The summed E-state index contributed by atoms with van der Waals surface area (Å²) >= 11 is 15.2. The van der Waals surface area contributed by atoms with Crippen molar-refractivity contribution in [1.29, 1.82) is 0 Å². The van der Waals surface area contributed by atoms with Crippen LogP contribution in [-0.4, -0.2) is 25.1 Å². The Balaban J connectivity index is 2.09. The minimum atomic E-state index is -1.05. The van der Waals surface area contributed by atoms with Gasteiger partial charge in [0.1, 0.15) is 5.75 Å². The fraction of sp³-hybridized carbons (Fsp3) is 0.176. The second kappa shape index (κ2) is 8.56. The molecule has 0 fully saturated rings. The molecule has 2 aromatic carbocycles. The van der Waals surface area contributed by atoms with E-state index in [1.807, 2.05) is 0 Å². The average molecular weight is 447 g/mol. The van der Waals surface area contributed by atoms with Gasteiger partial charge in [-0.05, 0) is 43.3 Å². The van der Waals surface area contributed by atoms with Crippen LogP contribution in [0.5, 0.6) is 5.75 Å². The van der Waals surface area contributed by atoms with Gasteiger partial charge in [-0.2, -0.15) is 0 Å². The van der Waals surface area contributed by atoms with E-state index in [-0.39, 0.29) is 10.6 Å². The topological polar surface area (TPSA) is 64.6 Å². The second-order valence-electron chi connectivity index (χ2n) is 5.01. The SMILES string of the molecule is COc1ccc(Cl)cc1NC(=O)C(C)OC(=O)c1cc(Br)ccc1Cl. The fourth-order valence-corrected chi connectivity index (χ4v) is 2.67. The van der Waals surface area contributed by atoms with Crippen LogP contribution < -0.4 is 10.1 Å². The number of hydrogen-bond acceptors (Lipinski definition) is 4. The number of ether oxygens (including phenoxy) is 2. The molecule has 0 aliphatic rings. The summed E-state index contributed by atoms with van der Waals surface area (Å²) < 4.78 is 11.0. The summed E-state index contributed by atoms with van der Waals surface area (Å²) in [7, 11) is 1.47. The molecule has 132 valence electrons. The lowest BCUT2D eigenvalue weighted by Crippen LogP contribution is -2.30. The number of methoxy groups -OCH3 is 1. The van der Waals surface area contributed by atoms with Crippen molar-refractivity contribution < 1.29 is 19.1 Å². The third-order valence-electron chi connectivity index (χ3n) is 3.22. The highest BCUT2D eigenvalue weighted by molar-refractivity contribution is 9.10. The minimum Gasteiger partial charge on any atom is -0.495 e. The summed E-state index contributed by atoms with van der Waals surface area (Å²) in [6.07, 6.45) is -1.05. The number of nitrogens with one attached hydrogen (secondary N) is 1. The Morgan fingerprint density at radius 1 is 1.16 bits per heavy atom. The first kappa shape index (κ1) is 19.6. The molecule has 2 aromatic rings. The Morgan fingerprint density at radius 2 is 1.88 bits per heavy atom. The molecule has 2 rings (SSSR count).